The van der Waals surface area contributed by atoms with Gasteiger partial charge in [-0.3, -0.25) is 14.2 Å². The number of fused-ring (bicyclic) bond motifs is 1. The molecule has 0 aliphatic carbocycles. The van der Waals surface area contributed by atoms with Crippen LogP contribution in [0.3, 0.4) is 0 Å². The van der Waals surface area contributed by atoms with Crippen LogP contribution in [0.25, 0.3) is 21.3 Å². The Hall–Kier alpha value is -3.30. The monoisotopic (exact) mass is 496 g/mol. The van der Waals surface area contributed by atoms with Crippen LogP contribution in [0.5, 0.6) is 5.75 Å². The number of carbonyl (C=O) groups is 1. The molecule has 0 radical (unpaired) electrons. The standard InChI is InChI=1S/C22H17BrN4O3S/c1-13-19(14-5-3-2-4-6-14)20-21(31-13)24-12-27(22(20)30)11-18(29)26-25-10-15-9-16(23)7-8-17(15)28/h2-10,12,28H,11H2,1H3,(H,26,29)/b25-10-. The SMILES string of the molecule is Cc1sc2ncn(CC(=O)N/N=C\c3cc(Br)ccc3O)c(=O)c2c1-c1ccccc1. The van der Waals surface area contributed by atoms with E-state index in [1.807, 2.05) is 37.3 Å². The Morgan fingerprint density at radius 2 is 2.06 bits per heavy atom. The van der Waals surface area contributed by atoms with Crippen molar-refractivity contribution in [3.63, 3.8) is 0 Å². The molecule has 7 nitrogen and oxygen atoms in total. The third-order valence-electron chi connectivity index (χ3n) is 4.61. The molecule has 2 N–H and O–H groups in total. The maximum absolute atomic E-state index is 13.1. The molecule has 0 fully saturated rings. The molecule has 4 rings (SSSR count). The van der Waals surface area contributed by atoms with Crippen LogP contribution in [0.15, 0.2) is 69.2 Å². The van der Waals surface area contributed by atoms with Crippen LogP contribution in [0, 0.1) is 6.92 Å². The zero-order valence-corrected chi connectivity index (χ0v) is 18.8. The Labute approximate surface area is 189 Å². The number of aryl methyl sites for hydroxylation is 1. The molecule has 156 valence electrons. The van der Waals surface area contributed by atoms with Gasteiger partial charge in [0.05, 0.1) is 17.9 Å². The summed E-state index contributed by atoms with van der Waals surface area (Å²) in [4.78, 5) is 31.5. The summed E-state index contributed by atoms with van der Waals surface area (Å²) in [5.41, 5.74) is 4.31. The van der Waals surface area contributed by atoms with Gasteiger partial charge in [-0.2, -0.15) is 5.10 Å². The summed E-state index contributed by atoms with van der Waals surface area (Å²) in [6, 6.07) is 14.5. The van der Waals surface area contributed by atoms with Gasteiger partial charge in [0.2, 0.25) is 0 Å². The van der Waals surface area contributed by atoms with E-state index in [9.17, 15) is 14.7 Å². The highest BCUT2D eigenvalue weighted by Crippen LogP contribution is 2.35. The van der Waals surface area contributed by atoms with Crippen molar-refractivity contribution in [2.75, 3.05) is 0 Å². The Morgan fingerprint density at radius 1 is 1.29 bits per heavy atom. The fraction of sp³-hybridized carbons (Fsp3) is 0.0909. The molecule has 0 spiro atoms. The van der Waals surface area contributed by atoms with Crippen LogP contribution in [-0.4, -0.2) is 26.8 Å². The van der Waals surface area contributed by atoms with Crippen molar-refractivity contribution in [3.05, 3.63) is 80.1 Å². The Bertz CT molecular complexity index is 1360. The summed E-state index contributed by atoms with van der Waals surface area (Å²) in [5.74, 6) is -0.449. The van der Waals surface area contributed by atoms with Crippen LogP contribution in [-0.2, 0) is 11.3 Å². The van der Waals surface area contributed by atoms with E-state index in [0.717, 1.165) is 20.5 Å². The second-order valence-electron chi connectivity index (χ2n) is 6.75. The van der Waals surface area contributed by atoms with Crippen molar-refractivity contribution in [2.24, 2.45) is 5.10 Å². The van der Waals surface area contributed by atoms with Gasteiger partial charge in [-0.1, -0.05) is 46.3 Å². The summed E-state index contributed by atoms with van der Waals surface area (Å²) >= 11 is 4.76. The summed E-state index contributed by atoms with van der Waals surface area (Å²) < 4.78 is 2.03. The fourth-order valence-electron chi connectivity index (χ4n) is 3.20. The predicted octanol–water partition coefficient (Wildman–Crippen LogP) is 4.05. The number of hydrogen-bond acceptors (Lipinski definition) is 6. The van der Waals surface area contributed by atoms with E-state index in [1.54, 1.807) is 12.1 Å². The van der Waals surface area contributed by atoms with Gasteiger partial charge in [-0.25, -0.2) is 10.4 Å². The summed E-state index contributed by atoms with van der Waals surface area (Å²) in [5, 5.41) is 14.2. The normalized spacial score (nSPS) is 11.3. The smallest absolute Gasteiger partial charge is 0.263 e. The highest BCUT2D eigenvalue weighted by molar-refractivity contribution is 9.10. The van der Waals surface area contributed by atoms with Crippen LogP contribution in [0.2, 0.25) is 0 Å². The molecule has 31 heavy (non-hydrogen) atoms. The maximum atomic E-state index is 13.1. The molecule has 0 aliphatic heterocycles. The number of nitrogens with one attached hydrogen (secondary N) is 1. The number of hydrogen-bond donors (Lipinski definition) is 2. The number of halogens is 1. The van der Waals surface area contributed by atoms with E-state index in [0.29, 0.717) is 15.8 Å². The highest BCUT2D eigenvalue weighted by atomic mass is 79.9. The molecule has 2 heterocycles. The number of phenols is 1. The first-order chi connectivity index (χ1) is 14.9. The first-order valence-corrected chi connectivity index (χ1v) is 10.9. The number of amides is 1. The van der Waals surface area contributed by atoms with Crippen molar-refractivity contribution in [3.8, 4) is 16.9 Å². The third-order valence-corrected chi connectivity index (χ3v) is 6.12. The molecule has 1 amide bonds. The largest absolute Gasteiger partial charge is 0.507 e. The zero-order chi connectivity index (χ0) is 22.0. The lowest BCUT2D eigenvalue weighted by Gasteiger charge is -2.06. The van der Waals surface area contributed by atoms with Gasteiger partial charge in [-0.15, -0.1) is 11.3 Å². The number of benzene rings is 2. The van der Waals surface area contributed by atoms with Crippen LogP contribution in [0.1, 0.15) is 10.4 Å². The van der Waals surface area contributed by atoms with Gasteiger partial charge >= 0.3 is 0 Å². The van der Waals surface area contributed by atoms with Gasteiger partial charge in [0, 0.05) is 20.5 Å². The average Bonchev–Trinajstić information content (AvgIpc) is 3.10. The molecule has 0 atom stereocenters. The van der Waals surface area contributed by atoms with E-state index in [4.69, 9.17) is 0 Å². The van der Waals surface area contributed by atoms with Gasteiger partial charge in [0.15, 0.2) is 0 Å². The van der Waals surface area contributed by atoms with Crippen molar-refractivity contribution >= 4 is 49.6 Å². The van der Waals surface area contributed by atoms with Crippen molar-refractivity contribution in [1.82, 2.24) is 15.0 Å². The highest BCUT2D eigenvalue weighted by Gasteiger charge is 2.17. The second kappa shape index (κ2) is 8.83. The third kappa shape index (κ3) is 4.42. The van der Waals surface area contributed by atoms with E-state index < -0.39 is 5.91 Å². The Balaban J connectivity index is 1.58. The van der Waals surface area contributed by atoms with Gasteiger partial charge in [0.1, 0.15) is 17.1 Å². The molecule has 0 aliphatic rings. The lowest BCUT2D eigenvalue weighted by atomic mass is 10.0. The van der Waals surface area contributed by atoms with E-state index in [1.165, 1.54) is 34.5 Å². The van der Waals surface area contributed by atoms with Gasteiger partial charge in [-0.05, 0) is 30.7 Å². The number of nitrogens with zero attached hydrogens (tertiary/aromatic N) is 3. The van der Waals surface area contributed by atoms with Crippen molar-refractivity contribution < 1.29 is 9.90 Å². The molecule has 0 saturated carbocycles. The number of carbonyl (C=O) groups excluding carboxylic acids is 1. The van der Waals surface area contributed by atoms with Crippen LogP contribution in [0.4, 0.5) is 0 Å². The zero-order valence-electron chi connectivity index (χ0n) is 16.4. The molecule has 2 aromatic heterocycles. The number of aromatic nitrogens is 2. The van der Waals surface area contributed by atoms with Crippen molar-refractivity contribution in [2.45, 2.75) is 13.5 Å². The Kier molecular flexibility index (Phi) is 5.97. The second-order valence-corrected chi connectivity index (χ2v) is 8.87. The van der Waals surface area contributed by atoms with E-state index in [-0.39, 0.29) is 17.9 Å². The number of aromatic hydroxyl groups is 1. The molecular weight excluding hydrogens is 480 g/mol. The average molecular weight is 497 g/mol. The minimum atomic E-state index is -0.484. The minimum Gasteiger partial charge on any atom is -0.507 e. The summed E-state index contributed by atoms with van der Waals surface area (Å²) in [6.07, 6.45) is 2.71. The lowest BCUT2D eigenvalue weighted by molar-refractivity contribution is -0.121. The maximum Gasteiger partial charge on any atom is 0.263 e. The number of phenolic OH excluding ortho intramolecular Hbond substituents is 1. The number of rotatable bonds is 5. The molecule has 0 saturated heterocycles. The van der Waals surface area contributed by atoms with Gasteiger partial charge in [0.25, 0.3) is 11.5 Å². The first-order valence-electron chi connectivity index (χ1n) is 9.28. The van der Waals surface area contributed by atoms with E-state index in [2.05, 4.69) is 31.4 Å². The molecule has 0 unspecified atom stereocenters. The molecule has 2 aromatic carbocycles. The lowest BCUT2D eigenvalue weighted by Crippen LogP contribution is -2.30. The van der Waals surface area contributed by atoms with Crippen LogP contribution < -0.4 is 11.0 Å². The molecular formula is C22H17BrN4O3S. The molecule has 0 bridgehead atoms. The molecule has 9 heteroatoms. The minimum absolute atomic E-state index is 0.0355. The quantitative estimate of drug-likeness (QED) is 0.321. The molecule has 4 aromatic rings. The topological polar surface area (TPSA) is 96.6 Å². The van der Waals surface area contributed by atoms with E-state index >= 15 is 0 Å². The first kappa shape index (κ1) is 21.0. The summed E-state index contributed by atoms with van der Waals surface area (Å²) in [6.45, 7) is 1.73. The van der Waals surface area contributed by atoms with Gasteiger partial charge < -0.3 is 5.11 Å². The number of thiophene rings is 1. The predicted molar refractivity (Wildman–Crippen MR) is 126 cm³/mol. The Morgan fingerprint density at radius 3 is 2.84 bits per heavy atom. The number of hydrazone groups is 1. The summed E-state index contributed by atoms with van der Waals surface area (Å²) in [7, 11) is 0. The fourth-order valence-corrected chi connectivity index (χ4v) is 4.58. The van der Waals surface area contributed by atoms with Crippen LogP contribution >= 0.6 is 27.3 Å². The van der Waals surface area contributed by atoms with Crippen molar-refractivity contribution in [1.29, 1.82) is 0 Å².